The van der Waals surface area contributed by atoms with Gasteiger partial charge in [0.2, 0.25) is 5.75 Å². The Balaban J connectivity index is 2.10. The fourth-order valence-corrected chi connectivity index (χ4v) is 3.22. The number of carbonyl (C=O) groups excluding carboxylic acids is 1. The maximum absolute atomic E-state index is 12.6. The Kier molecular flexibility index (Phi) is 7.35. The molecule has 9 heteroatoms. The molecule has 1 N–H and O–H groups in total. The fraction of sp³-hybridized carbons (Fsp3) is 0.500. The molecule has 27 heavy (non-hydrogen) atoms. The maximum atomic E-state index is 12.6. The molecule has 1 aromatic carbocycles. The molecule has 2 rings (SSSR count). The number of carbonyl (C=O) groups is 1. The van der Waals surface area contributed by atoms with Gasteiger partial charge < -0.3 is 24.1 Å². The van der Waals surface area contributed by atoms with E-state index in [0.29, 0.717) is 34.6 Å². The maximum Gasteiger partial charge on any atom is 0.251 e. The van der Waals surface area contributed by atoms with Crippen molar-refractivity contribution >= 4 is 17.7 Å². The highest BCUT2D eigenvalue weighted by Gasteiger charge is 2.18. The van der Waals surface area contributed by atoms with Crippen molar-refractivity contribution in [3.8, 4) is 17.2 Å². The summed E-state index contributed by atoms with van der Waals surface area (Å²) in [4.78, 5) is 12.6. The van der Waals surface area contributed by atoms with E-state index in [0.717, 1.165) is 10.9 Å². The molecule has 1 aromatic heterocycles. The van der Waals surface area contributed by atoms with Crippen LogP contribution in [0.25, 0.3) is 0 Å². The third-order valence-electron chi connectivity index (χ3n) is 3.80. The Hall–Kier alpha value is -2.42. The molecule has 0 saturated heterocycles. The first-order chi connectivity index (χ1) is 12.9. The topological polar surface area (TPSA) is 87.5 Å². The Morgan fingerprint density at radius 2 is 1.78 bits per heavy atom. The first-order valence-electron chi connectivity index (χ1n) is 8.50. The Bertz CT molecular complexity index is 767. The second kappa shape index (κ2) is 9.50. The Morgan fingerprint density at radius 3 is 2.30 bits per heavy atom. The fourth-order valence-electron chi connectivity index (χ4n) is 2.34. The molecule has 0 atom stereocenters. The lowest BCUT2D eigenvalue weighted by atomic mass is 10.1. The lowest BCUT2D eigenvalue weighted by Crippen LogP contribution is -2.24. The van der Waals surface area contributed by atoms with Gasteiger partial charge >= 0.3 is 0 Å². The van der Waals surface area contributed by atoms with Crippen molar-refractivity contribution in [2.24, 2.45) is 13.0 Å². The van der Waals surface area contributed by atoms with Crippen LogP contribution in [-0.2, 0) is 13.6 Å². The minimum Gasteiger partial charge on any atom is -0.493 e. The number of nitrogens with one attached hydrogen (secondary N) is 1. The van der Waals surface area contributed by atoms with Gasteiger partial charge in [0, 0.05) is 18.4 Å². The summed E-state index contributed by atoms with van der Waals surface area (Å²) in [7, 11) is 6.43. The number of amides is 1. The van der Waals surface area contributed by atoms with Gasteiger partial charge in [0.1, 0.15) is 0 Å². The summed E-state index contributed by atoms with van der Waals surface area (Å²) in [5, 5.41) is 12.0. The van der Waals surface area contributed by atoms with Gasteiger partial charge in [-0.25, -0.2) is 0 Å². The molecule has 0 radical (unpaired) electrons. The van der Waals surface area contributed by atoms with Crippen molar-refractivity contribution < 1.29 is 19.0 Å². The summed E-state index contributed by atoms with van der Waals surface area (Å²) in [5.74, 6) is 3.23. The minimum absolute atomic E-state index is 0.265. The quantitative estimate of drug-likeness (QED) is 0.654. The van der Waals surface area contributed by atoms with E-state index < -0.39 is 0 Å². The van der Waals surface area contributed by atoms with Crippen LogP contribution in [-0.4, -0.2) is 47.8 Å². The third kappa shape index (κ3) is 5.06. The minimum atomic E-state index is -0.270. The number of methoxy groups -OCH3 is 3. The van der Waals surface area contributed by atoms with E-state index in [9.17, 15) is 4.79 Å². The van der Waals surface area contributed by atoms with Gasteiger partial charge in [-0.15, -0.1) is 10.2 Å². The number of benzene rings is 1. The molecule has 0 aliphatic rings. The normalized spacial score (nSPS) is 10.8. The van der Waals surface area contributed by atoms with E-state index in [1.54, 1.807) is 23.9 Å². The lowest BCUT2D eigenvalue weighted by molar-refractivity contribution is 0.0948. The van der Waals surface area contributed by atoms with Crippen LogP contribution in [0.3, 0.4) is 0 Å². The molecule has 148 valence electrons. The molecule has 0 aliphatic carbocycles. The van der Waals surface area contributed by atoms with Gasteiger partial charge in [-0.3, -0.25) is 4.79 Å². The molecule has 0 saturated carbocycles. The van der Waals surface area contributed by atoms with E-state index >= 15 is 0 Å². The largest absolute Gasteiger partial charge is 0.493 e. The van der Waals surface area contributed by atoms with Crippen LogP contribution in [0.1, 0.15) is 30.0 Å². The molecule has 0 fully saturated rings. The first-order valence-corrected chi connectivity index (χ1v) is 9.49. The molecule has 0 bridgehead atoms. The monoisotopic (exact) mass is 394 g/mol. The smallest absolute Gasteiger partial charge is 0.251 e. The van der Waals surface area contributed by atoms with E-state index in [4.69, 9.17) is 14.2 Å². The zero-order chi connectivity index (χ0) is 20.0. The SMILES string of the molecule is COc1cc(C(=O)NCc2nnc(SCC(C)C)n2C)cc(OC)c1OC. The average molecular weight is 394 g/mol. The van der Waals surface area contributed by atoms with Crippen molar-refractivity contribution in [3.63, 3.8) is 0 Å². The number of rotatable bonds is 9. The van der Waals surface area contributed by atoms with Crippen LogP contribution in [0.2, 0.25) is 0 Å². The third-order valence-corrected chi connectivity index (χ3v) is 5.25. The molecular weight excluding hydrogens is 368 g/mol. The second-order valence-corrected chi connectivity index (χ2v) is 7.25. The highest BCUT2D eigenvalue weighted by molar-refractivity contribution is 7.99. The molecule has 0 aliphatic heterocycles. The van der Waals surface area contributed by atoms with Gasteiger partial charge in [0.05, 0.1) is 27.9 Å². The molecule has 0 spiro atoms. The van der Waals surface area contributed by atoms with Crippen LogP contribution in [0.15, 0.2) is 17.3 Å². The number of hydrogen-bond donors (Lipinski definition) is 1. The summed E-state index contributed by atoms with van der Waals surface area (Å²) in [6.45, 7) is 4.57. The van der Waals surface area contributed by atoms with Gasteiger partial charge in [0.25, 0.3) is 5.91 Å². The zero-order valence-electron chi connectivity index (χ0n) is 16.5. The predicted molar refractivity (Wildman–Crippen MR) is 104 cm³/mol. The number of nitrogens with zero attached hydrogens (tertiary/aromatic N) is 3. The summed E-state index contributed by atoms with van der Waals surface area (Å²) in [6.07, 6.45) is 0. The summed E-state index contributed by atoms with van der Waals surface area (Å²) >= 11 is 1.65. The standard InChI is InChI=1S/C18H26N4O4S/c1-11(2)10-27-18-21-20-15(22(18)3)9-19-17(23)12-7-13(24-4)16(26-6)14(8-12)25-5/h7-8,11H,9-10H2,1-6H3,(H,19,23). The van der Waals surface area contributed by atoms with Crippen LogP contribution < -0.4 is 19.5 Å². The molecule has 1 heterocycles. The van der Waals surface area contributed by atoms with Crippen LogP contribution in [0, 0.1) is 5.92 Å². The number of aromatic nitrogens is 3. The van der Waals surface area contributed by atoms with Gasteiger partial charge in [0.15, 0.2) is 22.5 Å². The van der Waals surface area contributed by atoms with Crippen LogP contribution in [0.5, 0.6) is 17.2 Å². The van der Waals surface area contributed by atoms with E-state index in [1.807, 2.05) is 11.6 Å². The van der Waals surface area contributed by atoms with Crippen molar-refractivity contribution in [2.75, 3.05) is 27.1 Å². The van der Waals surface area contributed by atoms with Crippen LogP contribution in [0.4, 0.5) is 0 Å². The second-order valence-electron chi connectivity index (χ2n) is 6.26. The molecule has 1 amide bonds. The summed E-state index contributed by atoms with van der Waals surface area (Å²) < 4.78 is 17.7. The lowest BCUT2D eigenvalue weighted by Gasteiger charge is -2.14. The molecular formula is C18H26N4O4S. The van der Waals surface area contributed by atoms with Gasteiger partial charge in [-0.05, 0) is 18.1 Å². The van der Waals surface area contributed by atoms with E-state index in [2.05, 4.69) is 29.4 Å². The molecule has 0 unspecified atom stereocenters. The molecule has 8 nitrogen and oxygen atoms in total. The van der Waals surface area contributed by atoms with Crippen molar-refractivity contribution in [2.45, 2.75) is 25.5 Å². The average Bonchev–Trinajstić information content (AvgIpc) is 3.02. The van der Waals surface area contributed by atoms with Crippen molar-refractivity contribution in [1.29, 1.82) is 0 Å². The Labute approximate surface area is 163 Å². The highest BCUT2D eigenvalue weighted by atomic mass is 32.2. The van der Waals surface area contributed by atoms with Crippen molar-refractivity contribution in [1.82, 2.24) is 20.1 Å². The van der Waals surface area contributed by atoms with E-state index in [-0.39, 0.29) is 12.5 Å². The van der Waals surface area contributed by atoms with Gasteiger partial charge in [-0.1, -0.05) is 25.6 Å². The zero-order valence-corrected chi connectivity index (χ0v) is 17.3. The number of hydrogen-bond acceptors (Lipinski definition) is 7. The highest BCUT2D eigenvalue weighted by Crippen LogP contribution is 2.38. The Morgan fingerprint density at radius 1 is 1.15 bits per heavy atom. The van der Waals surface area contributed by atoms with Crippen LogP contribution >= 0.6 is 11.8 Å². The first kappa shape index (κ1) is 20.9. The molecule has 2 aromatic rings. The number of thioether (sulfide) groups is 1. The van der Waals surface area contributed by atoms with Crippen molar-refractivity contribution in [3.05, 3.63) is 23.5 Å². The summed E-state index contributed by atoms with van der Waals surface area (Å²) in [5.41, 5.74) is 0.404. The predicted octanol–water partition coefficient (Wildman–Crippen LogP) is 2.52. The van der Waals surface area contributed by atoms with E-state index in [1.165, 1.54) is 21.3 Å². The summed E-state index contributed by atoms with van der Waals surface area (Å²) in [6, 6.07) is 3.22. The number of ether oxygens (including phenoxy) is 3. The van der Waals surface area contributed by atoms with Gasteiger partial charge in [-0.2, -0.15) is 0 Å².